The predicted octanol–water partition coefficient (Wildman–Crippen LogP) is 7.73. The summed E-state index contributed by atoms with van der Waals surface area (Å²) >= 11 is 0. The molecule has 4 rings (SSSR count). The first-order valence-corrected chi connectivity index (χ1v) is 14.6. The van der Waals surface area contributed by atoms with Gasteiger partial charge in [-0.2, -0.15) is 0 Å². The highest BCUT2D eigenvalue weighted by Gasteiger charge is 2.30. The summed E-state index contributed by atoms with van der Waals surface area (Å²) in [5.41, 5.74) is 8.97. The van der Waals surface area contributed by atoms with E-state index in [-0.39, 0.29) is 10.8 Å². The fourth-order valence-electron chi connectivity index (χ4n) is 5.64. The Labute approximate surface area is 248 Å². The summed E-state index contributed by atoms with van der Waals surface area (Å²) in [6.45, 7) is 22.4. The Morgan fingerprint density at radius 1 is 0.561 bits per heavy atom. The number of hydrogen-bond donors (Lipinski definition) is 0. The first-order valence-electron chi connectivity index (χ1n) is 14.6. The lowest BCUT2D eigenvalue weighted by atomic mass is 9.84. The van der Waals surface area contributed by atoms with E-state index in [4.69, 9.17) is 9.97 Å². The lowest BCUT2D eigenvalue weighted by Gasteiger charge is -2.28. The van der Waals surface area contributed by atoms with Crippen LogP contribution in [-0.2, 0) is 16.2 Å². The van der Waals surface area contributed by atoms with Crippen molar-refractivity contribution in [1.29, 1.82) is 0 Å². The van der Waals surface area contributed by atoms with Crippen molar-refractivity contribution in [2.24, 2.45) is 0 Å². The molecule has 0 amide bonds. The maximum absolute atomic E-state index is 5.30. The number of nitrogens with zero attached hydrogens (tertiary/aromatic N) is 6. The van der Waals surface area contributed by atoms with Crippen LogP contribution in [0.2, 0.25) is 0 Å². The summed E-state index contributed by atoms with van der Waals surface area (Å²) in [7, 11) is 8.35. The predicted molar refractivity (Wildman–Crippen MR) is 175 cm³/mol. The SMILES string of the molecule is Cc1c(C(C)(C)C)ccn1-c1cc(N(C)C)cc(C(C)(C)c2cc(N(C)C)cc(-n3ccc(C(C)(C)C)c3C)n2)n1. The lowest BCUT2D eigenvalue weighted by Crippen LogP contribution is -2.25. The first kappa shape index (κ1) is 30.4. The highest BCUT2D eigenvalue weighted by Crippen LogP contribution is 2.36. The third kappa shape index (κ3) is 5.79. The molecule has 6 heteroatoms. The topological polar surface area (TPSA) is 42.1 Å². The summed E-state index contributed by atoms with van der Waals surface area (Å²) in [5, 5.41) is 0. The van der Waals surface area contributed by atoms with Crippen molar-refractivity contribution in [3.8, 4) is 11.6 Å². The molecule has 220 valence electrons. The number of pyridine rings is 2. The van der Waals surface area contributed by atoms with Gasteiger partial charge in [-0.1, -0.05) is 41.5 Å². The van der Waals surface area contributed by atoms with Crippen LogP contribution in [0.3, 0.4) is 0 Å². The van der Waals surface area contributed by atoms with E-state index in [2.05, 4.69) is 165 Å². The van der Waals surface area contributed by atoms with E-state index in [0.29, 0.717) is 0 Å². The Morgan fingerprint density at radius 3 is 1.17 bits per heavy atom. The van der Waals surface area contributed by atoms with Crippen molar-refractivity contribution in [3.05, 3.63) is 82.7 Å². The molecule has 41 heavy (non-hydrogen) atoms. The van der Waals surface area contributed by atoms with E-state index in [1.165, 1.54) is 22.5 Å². The maximum Gasteiger partial charge on any atom is 0.139 e. The monoisotopic (exact) mass is 554 g/mol. The van der Waals surface area contributed by atoms with Crippen LogP contribution in [0.5, 0.6) is 0 Å². The van der Waals surface area contributed by atoms with E-state index in [9.17, 15) is 0 Å². The van der Waals surface area contributed by atoms with Crippen LogP contribution < -0.4 is 9.80 Å². The Hall–Kier alpha value is -3.54. The van der Waals surface area contributed by atoms with Crippen molar-refractivity contribution in [3.63, 3.8) is 0 Å². The molecule has 4 aromatic heterocycles. The molecular weight excluding hydrogens is 504 g/mol. The van der Waals surface area contributed by atoms with Gasteiger partial charge in [-0.3, -0.25) is 0 Å². The van der Waals surface area contributed by atoms with Gasteiger partial charge in [-0.25, -0.2) is 9.97 Å². The zero-order valence-electron chi connectivity index (χ0n) is 27.8. The van der Waals surface area contributed by atoms with E-state index in [1.807, 2.05) is 0 Å². The molecule has 0 unspecified atom stereocenters. The van der Waals surface area contributed by atoms with Gasteiger partial charge in [0.1, 0.15) is 11.6 Å². The molecule has 4 aromatic rings. The zero-order chi connectivity index (χ0) is 30.7. The molecule has 0 spiro atoms. The molecule has 0 aliphatic carbocycles. The van der Waals surface area contributed by atoms with Crippen LogP contribution in [-0.4, -0.2) is 47.3 Å². The molecule has 0 aliphatic rings. The van der Waals surface area contributed by atoms with E-state index in [1.54, 1.807) is 0 Å². The Balaban J connectivity index is 1.91. The summed E-state index contributed by atoms with van der Waals surface area (Å²) in [5.74, 6) is 1.85. The van der Waals surface area contributed by atoms with Crippen molar-refractivity contribution in [2.45, 2.75) is 85.5 Å². The van der Waals surface area contributed by atoms with Crippen molar-refractivity contribution in [1.82, 2.24) is 19.1 Å². The Bertz CT molecular complexity index is 1430. The first-order chi connectivity index (χ1) is 18.8. The van der Waals surface area contributed by atoms with Gasteiger partial charge in [-0.05, 0) is 73.9 Å². The average molecular weight is 555 g/mol. The molecule has 0 saturated heterocycles. The third-order valence-corrected chi connectivity index (χ3v) is 8.30. The van der Waals surface area contributed by atoms with Crippen LogP contribution in [0, 0.1) is 13.8 Å². The highest BCUT2D eigenvalue weighted by atomic mass is 15.1. The molecule has 4 heterocycles. The van der Waals surface area contributed by atoms with Gasteiger partial charge in [0.25, 0.3) is 0 Å². The number of rotatable bonds is 6. The molecule has 0 aliphatic heterocycles. The van der Waals surface area contributed by atoms with Crippen LogP contribution >= 0.6 is 0 Å². The quantitative estimate of drug-likeness (QED) is 0.245. The second-order valence-corrected chi connectivity index (χ2v) is 14.4. The molecular formula is C35H50N6. The Kier molecular flexibility index (Phi) is 7.70. The second-order valence-electron chi connectivity index (χ2n) is 14.4. The normalized spacial score (nSPS) is 12.6. The van der Waals surface area contributed by atoms with Gasteiger partial charge >= 0.3 is 0 Å². The number of hydrogen-bond acceptors (Lipinski definition) is 4. The fraction of sp³-hybridized carbons (Fsp3) is 0.486. The lowest BCUT2D eigenvalue weighted by molar-refractivity contribution is 0.581. The van der Waals surface area contributed by atoms with Crippen molar-refractivity contribution < 1.29 is 0 Å². The van der Waals surface area contributed by atoms with Gasteiger partial charge < -0.3 is 18.9 Å². The van der Waals surface area contributed by atoms with Crippen molar-refractivity contribution >= 4 is 11.4 Å². The largest absolute Gasteiger partial charge is 0.377 e. The molecule has 0 fully saturated rings. The molecule has 0 aromatic carbocycles. The highest BCUT2D eigenvalue weighted by molar-refractivity contribution is 5.57. The number of anilines is 2. The minimum atomic E-state index is -0.455. The van der Waals surface area contributed by atoms with E-state index >= 15 is 0 Å². The second kappa shape index (κ2) is 10.4. The maximum atomic E-state index is 5.30. The third-order valence-electron chi connectivity index (χ3n) is 8.30. The fourth-order valence-corrected chi connectivity index (χ4v) is 5.64. The molecule has 0 atom stereocenters. The van der Waals surface area contributed by atoms with Crippen LogP contribution in [0.1, 0.15) is 89.3 Å². The van der Waals surface area contributed by atoms with Gasteiger partial charge in [-0.15, -0.1) is 0 Å². The summed E-state index contributed by atoms with van der Waals surface area (Å²) in [6, 6.07) is 13.2. The van der Waals surface area contributed by atoms with Crippen molar-refractivity contribution in [2.75, 3.05) is 38.0 Å². The smallest absolute Gasteiger partial charge is 0.139 e. The standard InChI is InChI=1S/C35H50N6/c1-23-27(33(3,4)5)15-17-40(23)31-21-25(38(11)12)19-29(36-31)35(9,10)30-20-26(39(13)14)22-32(37-30)41-18-16-28(24(41)2)34(6,7)8/h15-22H,1-14H3. The molecule has 0 bridgehead atoms. The zero-order valence-corrected chi connectivity index (χ0v) is 27.8. The van der Waals surface area contributed by atoms with E-state index in [0.717, 1.165) is 34.4 Å². The number of aromatic nitrogens is 4. The van der Waals surface area contributed by atoms with Gasteiger partial charge in [0.15, 0.2) is 0 Å². The van der Waals surface area contributed by atoms with Crippen LogP contribution in [0.4, 0.5) is 11.4 Å². The molecule has 6 nitrogen and oxygen atoms in total. The average Bonchev–Trinajstić information content (AvgIpc) is 3.45. The minimum absolute atomic E-state index is 0.0625. The van der Waals surface area contributed by atoms with Crippen LogP contribution in [0.15, 0.2) is 48.8 Å². The summed E-state index contributed by atoms with van der Waals surface area (Å²) in [4.78, 5) is 14.9. The van der Waals surface area contributed by atoms with Gasteiger partial charge in [0, 0.05) is 80.9 Å². The molecule has 0 saturated carbocycles. The van der Waals surface area contributed by atoms with Gasteiger partial charge in [0.2, 0.25) is 0 Å². The van der Waals surface area contributed by atoms with E-state index < -0.39 is 5.41 Å². The summed E-state index contributed by atoms with van der Waals surface area (Å²) < 4.78 is 4.44. The Morgan fingerprint density at radius 2 is 0.902 bits per heavy atom. The molecule has 0 radical (unpaired) electrons. The van der Waals surface area contributed by atoms with Crippen LogP contribution in [0.25, 0.3) is 11.6 Å². The minimum Gasteiger partial charge on any atom is -0.377 e. The summed E-state index contributed by atoms with van der Waals surface area (Å²) in [6.07, 6.45) is 4.30. The molecule has 0 N–H and O–H groups in total. The van der Waals surface area contributed by atoms with Gasteiger partial charge in [0.05, 0.1) is 11.4 Å².